The van der Waals surface area contributed by atoms with Gasteiger partial charge < -0.3 is 14.5 Å². The summed E-state index contributed by atoms with van der Waals surface area (Å²) in [5.41, 5.74) is 0. The molecule has 5 heteroatoms. The molecule has 3 atom stereocenters. The van der Waals surface area contributed by atoms with Crippen LogP contribution in [0.4, 0.5) is 0 Å². The average Bonchev–Trinajstić information content (AvgIpc) is 3.12. The molecule has 0 unspecified atom stereocenters. The van der Waals surface area contributed by atoms with E-state index in [9.17, 15) is 4.79 Å². The number of ether oxygens (including phenoxy) is 1. The van der Waals surface area contributed by atoms with E-state index in [0.29, 0.717) is 12.6 Å². The first-order chi connectivity index (χ1) is 10.8. The van der Waals surface area contributed by atoms with E-state index in [0.717, 1.165) is 37.6 Å². The molecule has 1 N–H and O–H groups in total. The van der Waals surface area contributed by atoms with Gasteiger partial charge in [-0.3, -0.25) is 9.69 Å². The van der Waals surface area contributed by atoms with E-state index in [1.54, 1.807) is 6.26 Å². The lowest BCUT2D eigenvalue weighted by Crippen LogP contribution is -2.51. The lowest BCUT2D eigenvalue weighted by Gasteiger charge is -2.42. The molecular weight excluding hydrogens is 280 g/mol. The van der Waals surface area contributed by atoms with Crippen molar-refractivity contribution in [2.24, 2.45) is 0 Å². The molecule has 0 bridgehead atoms. The standard InChI is InChI=1S/C17H24N2O3/c20-17(18-11-13-5-2-10-21-13)16-7-6-14-15(22-16)8-9-19(14)12-3-1-4-12/h2,5,10,12,14-16H,1,3-4,6-9,11H2,(H,18,20)/t14-,15-,16-/m0/s1. The molecule has 1 aromatic heterocycles. The molecule has 1 aromatic rings. The largest absolute Gasteiger partial charge is 0.467 e. The average molecular weight is 304 g/mol. The van der Waals surface area contributed by atoms with Crippen molar-refractivity contribution in [2.75, 3.05) is 6.54 Å². The summed E-state index contributed by atoms with van der Waals surface area (Å²) < 4.78 is 11.3. The van der Waals surface area contributed by atoms with Gasteiger partial charge in [0.1, 0.15) is 11.9 Å². The molecule has 0 spiro atoms. The summed E-state index contributed by atoms with van der Waals surface area (Å²) in [6, 6.07) is 5.02. The summed E-state index contributed by atoms with van der Waals surface area (Å²) in [6.45, 7) is 1.58. The third-order valence-electron chi connectivity index (χ3n) is 5.44. The topological polar surface area (TPSA) is 54.7 Å². The van der Waals surface area contributed by atoms with Crippen molar-refractivity contribution in [3.05, 3.63) is 24.2 Å². The normalized spacial score (nSPS) is 32.5. The van der Waals surface area contributed by atoms with E-state index < -0.39 is 0 Å². The van der Waals surface area contributed by atoms with Gasteiger partial charge in [-0.1, -0.05) is 6.42 Å². The van der Waals surface area contributed by atoms with Gasteiger partial charge in [0.15, 0.2) is 0 Å². The van der Waals surface area contributed by atoms with E-state index in [1.165, 1.54) is 19.3 Å². The number of nitrogens with one attached hydrogen (secondary N) is 1. The van der Waals surface area contributed by atoms with Crippen molar-refractivity contribution in [1.29, 1.82) is 0 Å². The minimum Gasteiger partial charge on any atom is -0.467 e. The number of hydrogen-bond donors (Lipinski definition) is 1. The van der Waals surface area contributed by atoms with E-state index in [1.807, 2.05) is 12.1 Å². The Bertz CT molecular complexity index is 512. The molecule has 0 radical (unpaired) electrons. The fraction of sp³-hybridized carbons (Fsp3) is 0.706. The predicted molar refractivity (Wildman–Crippen MR) is 81.2 cm³/mol. The maximum atomic E-state index is 12.3. The van der Waals surface area contributed by atoms with Crippen LogP contribution in [0.2, 0.25) is 0 Å². The molecule has 3 aliphatic rings. The molecule has 120 valence electrons. The van der Waals surface area contributed by atoms with E-state index in [2.05, 4.69) is 10.2 Å². The lowest BCUT2D eigenvalue weighted by molar-refractivity contribution is -0.145. The fourth-order valence-electron chi connectivity index (χ4n) is 4.03. The van der Waals surface area contributed by atoms with Crippen molar-refractivity contribution in [1.82, 2.24) is 10.2 Å². The maximum Gasteiger partial charge on any atom is 0.249 e. The van der Waals surface area contributed by atoms with Crippen LogP contribution in [0.25, 0.3) is 0 Å². The summed E-state index contributed by atoms with van der Waals surface area (Å²) >= 11 is 0. The molecule has 3 heterocycles. The van der Waals surface area contributed by atoms with E-state index >= 15 is 0 Å². The minimum absolute atomic E-state index is 0.00283. The number of hydrogen-bond acceptors (Lipinski definition) is 4. The molecule has 0 aromatic carbocycles. The second-order valence-corrected chi connectivity index (χ2v) is 6.72. The summed E-state index contributed by atoms with van der Waals surface area (Å²) in [5.74, 6) is 0.774. The van der Waals surface area contributed by atoms with Crippen LogP contribution < -0.4 is 5.32 Å². The van der Waals surface area contributed by atoms with E-state index in [-0.39, 0.29) is 18.1 Å². The SMILES string of the molecule is O=C(NCc1ccco1)[C@@H]1CC[C@H]2[C@H](CCN2C2CCC2)O1. The molecule has 2 aliphatic heterocycles. The summed E-state index contributed by atoms with van der Waals surface area (Å²) in [7, 11) is 0. The van der Waals surface area contributed by atoms with Gasteiger partial charge in [-0.05, 0) is 44.2 Å². The number of carbonyl (C=O) groups excluding carboxylic acids is 1. The van der Waals surface area contributed by atoms with Gasteiger partial charge in [0.25, 0.3) is 0 Å². The zero-order chi connectivity index (χ0) is 14.9. The molecular formula is C17H24N2O3. The second-order valence-electron chi connectivity index (χ2n) is 6.72. The van der Waals surface area contributed by atoms with Gasteiger partial charge >= 0.3 is 0 Å². The van der Waals surface area contributed by atoms with Gasteiger partial charge in [-0.25, -0.2) is 0 Å². The highest BCUT2D eigenvalue weighted by Gasteiger charge is 2.44. The lowest BCUT2D eigenvalue weighted by atomic mass is 9.89. The quantitative estimate of drug-likeness (QED) is 0.925. The van der Waals surface area contributed by atoms with Crippen LogP contribution in [0.3, 0.4) is 0 Å². The first-order valence-electron chi connectivity index (χ1n) is 8.52. The van der Waals surface area contributed by atoms with Crippen LogP contribution in [0.15, 0.2) is 22.8 Å². The Balaban J connectivity index is 1.29. The Morgan fingerprint density at radius 2 is 2.18 bits per heavy atom. The summed E-state index contributed by atoms with van der Waals surface area (Å²) in [5, 5.41) is 2.92. The van der Waals surface area contributed by atoms with Gasteiger partial charge in [-0.2, -0.15) is 0 Å². The monoisotopic (exact) mass is 304 g/mol. The third kappa shape index (κ3) is 2.68. The number of nitrogens with zero attached hydrogens (tertiary/aromatic N) is 1. The van der Waals surface area contributed by atoms with Crippen LogP contribution in [0.5, 0.6) is 0 Å². The van der Waals surface area contributed by atoms with Crippen LogP contribution in [-0.4, -0.2) is 41.6 Å². The maximum absolute atomic E-state index is 12.3. The van der Waals surface area contributed by atoms with Crippen molar-refractivity contribution in [3.63, 3.8) is 0 Å². The van der Waals surface area contributed by atoms with Crippen molar-refractivity contribution >= 4 is 5.91 Å². The van der Waals surface area contributed by atoms with Crippen LogP contribution in [-0.2, 0) is 16.1 Å². The second kappa shape index (κ2) is 6.05. The zero-order valence-corrected chi connectivity index (χ0v) is 12.9. The molecule has 2 saturated heterocycles. The number of carbonyl (C=O) groups is 1. The Kier molecular flexibility index (Phi) is 3.92. The van der Waals surface area contributed by atoms with Gasteiger partial charge in [0.05, 0.1) is 18.9 Å². The van der Waals surface area contributed by atoms with Gasteiger partial charge in [-0.15, -0.1) is 0 Å². The smallest absolute Gasteiger partial charge is 0.249 e. The van der Waals surface area contributed by atoms with Crippen molar-refractivity contribution in [2.45, 2.75) is 69.4 Å². The summed E-state index contributed by atoms with van der Waals surface area (Å²) in [4.78, 5) is 14.9. The number of furan rings is 1. The van der Waals surface area contributed by atoms with Crippen LogP contribution >= 0.6 is 0 Å². The first-order valence-corrected chi connectivity index (χ1v) is 8.52. The Morgan fingerprint density at radius 1 is 1.27 bits per heavy atom. The highest BCUT2D eigenvalue weighted by atomic mass is 16.5. The third-order valence-corrected chi connectivity index (χ3v) is 5.44. The Morgan fingerprint density at radius 3 is 2.91 bits per heavy atom. The van der Waals surface area contributed by atoms with Gasteiger partial charge in [0.2, 0.25) is 5.91 Å². The van der Waals surface area contributed by atoms with Crippen LogP contribution in [0, 0.1) is 0 Å². The molecule has 22 heavy (non-hydrogen) atoms. The van der Waals surface area contributed by atoms with Crippen molar-refractivity contribution < 1.29 is 13.9 Å². The first kappa shape index (κ1) is 14.3. The molecule has 1 saturated carbocycles. The Hall–Kier alpha value is -1.33. The number of amides is 1. The van der Waals surface area contributed by atoms with Gasteiger partial charge in [0, 0.05) is 18.6 Å². The molecule has 5 nitrogen and oxygen atoms in total. The number of fused-ring (bicyclic) bond motifs is 1. The van der Waals surface area contributed by atoms with Crippen LogP contribution in [0.1, 0.15) is 44.3 Å². The molecule has 4 rings (SSSR count). The number of rotatable bonds is 4. The number of likely N-dealkylation sites (tertiary alicyclic amines) is 1. The zero-order valence-electron chi connectivity index (χ0n) is 12.9. The molecule has 1 amide bonds. The predicted octanol–water partition coefficient (Wildman–Crippen LogP) is 2.07. The molecule has 3 fully saturated rings. The Labute approximate surface area is 131 Å². The molecule has 1 aliphatic carbocycles. The highest BCUT2D eigenvalue weighted by molar-refractivity contribution is 5.80. The minimum atomic E-state index is -0.294. The van der Waals surface area contributed by atoms with Crippen molar-refractivity contribution in [3.8, 4) is 0 Å². The highest BCUT2D eigenvalue weighted by Crippen LogP contribution is 2.37. The van der Waals surface area contributed by atoms with E-state index in [4.69, 9.17) is 9.15 Å². The summed E-state index contributed by atoms with van der Waals surface area (Å²) in [6.07, 6.45) is 8.61. The fourth-order valence-corrected chi connectivity index (χ4v) is 4.03.